The molecule has 0 saturated carbocycles. The first-order chi connectivity index (χ1) is 14.3. The van der Waals surface area contributed by atoms with E-state index in [0.717, 1.165) is 47.2 Å². The quantitative estimate of drug-likeness (QED) is 0.465. The molecule has 29 heavy (non-hydrogen) atoms. The summed E-state index contributed by atoms with van der Waals surface area (Å²) in [5.41, 5.74) is 3.74. The minimum atomic E-state index is 0.0925. The lowest BCUT2D eigenvalue weighted by Gasteiger charge is -2.32. The van der Waals surface area contributed by atoms with Gasteiger partial charge in [0.25, 0.3) is 5.91 Å². The Kier molecular flexibility index (Phi) is 4.82. The molecule has 1 atom stereocenters. The van der Waals surface area contributed by atoms with Gasteiger partial charge in [-0.1, -0.05) is 18.2 Å². The molecule has 4 heterocycles. The van der Waals surface area contributed by atoms with Crippen LogP contribution in [0.25, 0.3) is 21.5 Å². The summed E-state index contributed by atoms with van der Waals surface area (Å²) in [6.45, 7) is 1.51. The number of fused-ring (bicyclic) bond motifs is 1. The number of carbonyl (C=O) groups excluding carboxylic acids is 1. The third-order valence-electron chi connectivity index (χ3n) is 5.52. The van der Waals surface area contributed by atoms with E-state index in [1.165, 1.54) is 4.88 Å². The zero-order valence-electron chi connectivity index (χ0n) is 16.0. The second kappa shape index (κ2) is 7.76. The van der Waals surface area contributed by atoms with Crippen molar-refractivity contribution in [3.63, 3.8) is 0 Å². The normalized spacial score (nSPS) is 16.8. The van der Waals surface area contributed by atoms with E-state index in [2.05, 4.69) is 40.7 Å². The van der Waals surface area contributed by atoms with Gasteiger partial charge >= 0.3 is 0 Å². The lowest BCUT2D eigenvalue weighted by molar-refractivity contribution is 0.0706. The van der Waals surface area contributed by atoms with Crippen molar-refractivity contribution in [3.05, 3.63) is 83.5 Å². The van der Waals surface area contributed by atoms with Crippen molar-refractivity contribution < 1.29 is 4.79 Å². The number of hydrogen-bond donors (Lipinski definition) is 0. The maximum atomic E-state index is 13.2. The Bertz CT molecular complexity index is 1160. The largest absolute Gasteiger partial charge is 0.338 e. The molecule has 5 heteroatoms. The molecule has 1 aliphatic heterocycles. The molecule has 1 saturated heterocycles. The third kappa shape index (κ3) is 3.66. The van der Waals surface area contributed by atoms with Gasteiger partial charge in [-0.25, -0.2) is 0 Å². The first kappa shape index (κ1) is 18.0. The van der Waals surface area contributed by atoms with Crippen molar-refractivity contribution in [1.29, 1.82) is 0 Å². The summed E-state index contributed by atoms with van der Waals surface area (Å²) in [4.78, 5) is 25.6. The van der Waals surface area contributed by atoms with Gasteiger partial charge in [0.1, 0.15) is 0 Å². The van der Waals surface area contributed by atoms with Crippen molar-refractivity contribution in [2.24, 2.45) is 0 Å². The molecule has 0 N–H and O–H groups in total. The first-order valence-corrected chi connectivity index (χ1v) is 10.8. The average molecular weight is 400 g/mol. The summed E-state index contributed by atoms with van der Waals surface area (Å²) in [6, 6.07) is 20.0. The van der Waals surface area contributed by atoms with Crippen LogP contribution in [0.5, 0.6) is 0 Å². The number of rotatable bonds is 3. The Hall–Kier alpha value is -3.05. The molecular weight excluding hydrogens is 378 g/mol. The molecular formula is C24H21N3OS. The molecule has 144 valence electrons. The van der Waals surface area contributed by atoms with Crippen LogP contribution in [0.15, 0.2) is 72.2 Å². The van der Waals surface area contributed by atoms with Crippen molar-refractivity contribution in [2.45, 2.75) is 18.8 Å². The topological polar surface area (TPSA) is 46.1 Å². The lowest BCUT2D eigenvalue weighted by atomic mass is 9.93. The van der Waals surface area contributed by atoms with Gasteiger partial charge in [0.05, 0.1) is 16.1 Å². The van der Waals surface area contributed by atoms with Crippen LogP contribution in [0.2, 0.25) is 0 Å². The van der Waals surface area contributed by atoms with Crippen LogP contribution >= 0.6 is 11.3 Å². The van der Waals surface area contributed by atoms with Gasteiger partial charge < -0.3 is 4.90 Å². The van der Waals surface area contributed by atoms with Gasteiger partial charge in [0, 0.05) is 41.8 Å². The van der Waals surface area contributed by atoms with Crippen LogP contribution in [0.1, 0.15) is 34.8 Å². The monoisotopic (exact) mass is 399 g/mol. The van der Waals surface area contributed by atoms with E-state index in [1.54, 1.807) is 17.5 Å². The molecule has 0 spiro atoms. The molecule has 1 aromatic carbocycles. The number of carbonyl (C=O) groups is 1. The maximum Gasteiger partial charge on any atom is 0.253 e. The van der Waals surface area contributed by atoms with Crippen molar-refractivity contribution >= 4 is 28.1 Å². The minimum absolute atomic E-state index is 0.0925. The smallest absolute Gasteiger partial charge is 0.253 e. The molecule has 1 amide bonds. The number of likely N-dealkylation sites (tertiary alicyclic amines) is 1. The predicted molar refractivity (Wildman–Crippen MR) is 117 cm³/mol. The number of piperidine rings is 1. The highest BCUT2D eigenvalue weighted by Gasteiger charge is 2.26. The Balaban J connectivity index is 1.37. The van der Waals surface area contributed by atoms with Crippen LogP contribution in [-0.4, -0.2) is 33.9 Å². The van der Waals surface area contributed by atoms with E-state index in [0.29, 0.717) is 6.54 Å². The number of amides is 1. The highest BCUT2D eigenvalue weighted by atomic mass is 32.1. The molecule has 0 bridgehead atoms. The summed E-state index contributed by atoms with van der Waals surface area (Å²) < 4.78 is 0. The standard InChI is InChI=1S/C24H21N3OS/c28-24(18-10-11-20-17(15-18)5-2-12-25-20)27-13-3-6-19(16-27)21-7-1-8-22(26-21)23-9-4-14-29-23/h1-2,4-5,7-12,14-15,19H,3,6,13,16H2. The molecule has 4 aromatic rings. The fourth-order valence-electron chi connectivity index (χ4n) is 4.03. The van der Waals surface area contributed by atoms with Crippen LogP contribution in [-0.2, 0) is 0 Å². The van der Waals surface area contributed by atoms with Crippen LogP contribution < -0.4 is 0 Å². The van der Waals surface area contributed by atoms with Gasteiger partial charge in [0.2, 0.25) is 0 Å². The molecule has 1 fully saturated rings. The molecule has 3 aromatic heterocycles. The van der Waals surface area contributed by atoms with E-state index >= 15 is 0 Å². The summed E-state index contributed by atoms with van der Waals surface area (Å²) >= 11 is 1.70. The van der Waals surface area contributed by atoms with Crippen molar-refractivity contribution in [3.8, 4) is 10.6 Å². The van der Waals surface area contributed by atoms with Crippen LogP contribution in [0.4, 0.5) is 0 Å². The fourth-order valence-corrected chi connectivity index (χ4v) is 4.73. The minimum Gasteiger partial charge on any atom is -0.338 e. The summed E-state index contributed by atoms with van der Waals surface area (Å²) in [5.74, 6) is 0.365. The van der Waals surface area contributed by atoms with Crippen molar-refractivity contribution in [1.82, 2.24) is 14.9 Å². The zero-order chi connectivity index (χ0) is 19.6. The van der Waals surface area contributed by atoms with E-state index in [9.17, 15) is 4.79 Å². The number of thiophene rings is 1. The number of nitrogens with zero attached hydrogens (tertiary/aromatic N) is 3. The highest BCUT2D eigenvalue weighted by Crippen LogP contribution is 2.30. The second-order valence-corrected chi connectivity index (χ2v) is 8.37. The summed E-state index contributed by atoms with van der Waals surface area (Å²) in [7, 11) is 0. The van der Waals surface area contributed by atoms with Crippen LogP contribution in [0.3, 0.4) is 0 Å². The fraction of sp³-hybridized carbons (Fsp3) is 0.208. The number of hydrogen-bond acceptors (Lipinski definition) is 4. The van der Waals surface area contributed by atoms with Gasteiger partial charge in [0.15, 0.2) is 0 Å². The maximum absolute atomic E-state index is 13.2. The molecule has 0 aliphatic carbocycles. The SMILES string of the molecule is O=C(c1ccc2ncccc2c1)N1CCCC(c2cccc(-c3cccs3)n2)C1. The van der Waals surface area contributed by atoms with Gasteiger partial charge in [-0.2, -0.15) is 0 Å². The number of aromatic nitrogens is 2. The highest BCUT2D eigenvalue weighted by molar-refractivity contribution is 7.13. The van der Waals surface area contributed by atoms with Gasteiger partial charge in [-0.3, -0.25) is 14.8 Å². The van der Waals surface area contributed by atoms with Crippen LogP contribution in [0, 0.1) is 0 Å². The Morgan fingerprint density at radius 1 is 1.07 bits per heavy atom. The second-order valence-electron chi connectivity index (χ2n) is 7.43. The number of pyridine rings is 2. The first-order valence-electron chi connectivity index (χ1n) is 9.93. The zero-order valence-corrected chi connectivity index (χ0v) is 16.8. The predicted octanol–water partition coefficient (Wildman–Crippen LogP) is 5.38. The molecule has 4 nitrogen and oxygen atoms in total. The average Bonchev–Trinajstić information content (AvgIpc) is 3.33. The van der Waals surface area contributed by atoms with E-state index in [1.807, 2.05) is 35.2 Å². The van der Waals surface area contributed by atoms with Crippen molar-refractivity contribution in [2.75, 3.05) is 13.1 Å². The molecule has 5 rings (SSSR count). The Labute approximate surface area is 173 Å². The summed E-state index contributed by atoms with van der Waals surface area (Å²) in [6.07, 6.45) is 3.83. The Morgan fingerprint density at radius 2 is 2.03 bits per heavy atom. The molecule has 0 radical (unpaired) electrons. The molecule has 1 unspecified atom stereocenters. The molecule has 1 aliphatic rings. The Morgan fingerprint density at radius 3 is 2.93 bits per heavy atom. The number of benzene rings is 1. The lowest BCUT2D eigenvalue weighted by Crippen LogP contribution is -2.39. The van der Waals surface area contributed by atoms with Gasteiger partial charge in [-0.15, -0.1) is 11.3 Å². The van der Waals surface area contributed by atoms with E-state index < -0.39 is 0 Å². The summed E-state index contributed by atoms with van der Waals surface area (Å²) in [5, 5.41) is 3.07. The third-order valence-corrected chi connectivity index (χ3v) is 6.41. The van der Waals surface area contributed by atoms with E-state index in [4.69, 9.17) is 4.98 Å². The van der Waals surface area contributed by atoms with E-state index in [-0.39, 0.29) is 11.8 Å². The van der Waals surface area contributed by atoms with Gasteiger partial charge in [-0.05, 0) is 60.7 Å².